The van der Waals surface area contributed by atoms with Crippen LogP contribution < -0.4 is 5.32 Å². The van der Waals surface area contributed by atoms with Crippen molar-refractivity contribution >= 4 is 21.6 Å². The van der Waals surface area contributed by atoms with Gasteiger partial charge in [-0.2, -0.15) is 0 Å². The molecule has 1 N–H and O–H groups in total. The minimum atomic E-state index is -0.359. The van der Waals surface area contributed by atoms with Crippen LogP contribution in [0.15, 0.2) is 22.7 Å². The highest BCUT2D eigenvalue weighted by molar-refractivity contribution is 9.10. The van der Waals surface area contributed by atoms with E-state index in [0.717, 1.165) is 24.9 Å². The first kappa shape index (κ1) is 10.6. The summed E-state index contributed by atoms with van der Waals surface area (Å²) in [5.41, 5.74) is 1.14. The molecule has 1 aliphatic heterocycles. The van der Waals surface area contributed by atoms with Gasteiger partial charge in [-0.1, -0.05) is 6.07 Å². The third-order valence-corrected chi connectivity index (χ3v) is 3.30. The summed E-state index contributed by atoms with van der Waals surface area (Å²) in [5, 5.41) is 14.1. The maximum Gasteiger partial charge on any atom is 0.283 e. The molecule has 1 aromatic rings. The predicted molar refractivity (Wildman–Crippen MR) is 60.8 cm³/mol. The summed E-state index contributed by atoms with van der Waals surface area (Å²) in [6.45, 7) is 0.995. The molecule has 4 nitrogen and oxygen atoms in total. The van der Waals surface area contributed by atoms with Crippen molar-refractivity contribution in [2.75, 3.05) is 6.54 Å². The number of halogens is 1. The largest absolute Gasteiger partial charge is 0.310 e. The van der Waals surface area contributed by atoms with E-state index in [1.54, 1.807) is 12.1 Å². The van der Waals surface area contributed by atoms with Crippen LogP contribution in [0.25, 0.3) is 0 Å². The second kappa shape index (κ2) is 4.28. The van der Waals surface area contributed by atoms with Gasteiger partial charge in [0.1, 0.15) is 0 Å². The molecule has 1 aliphatic rings. The van der Waals surface area contributed by atoms with E-state index in [1.165, 1.54) is 0 Å². The Morgan fingerprint density at radius 2 is 2.33 bits per heavy atom. The third-order valence-electron chi connectivity index (χ3n) is 2.63. The minimum absolute atomic E-state index is 0.140. The Kier molecular flexibility index (Phi) is 3.02. The summed E-state index contributed by atoms with van der Waals surface area (Å²) in [5.74, 6) is 0. The molecule has 5 heteroatoms. The van der Waals surface area contributed by atoms with E-state index in [-0.39, 0.29) is 16.7 Å². The highest BCUT2D eigenvalue weighted by atomic mass is 79.9. The summed E-state index contributed by atoms with van der Waals surface area (Å²) in [6, 6.07) is 5.59. The van der Waals surface area contributed by atoms with Crippen LogP contribution in [0.4, 0.5) is 5.69 Å². The molecule has 1 atom stereocenters. The Balaban J connectivity index is 2.33. The van der Waals surface area contributed by atoms with Crippen LogP contribution in [-0.4, -0.2) is 11.5 Å². The molecule has 2 rings (SSSR count). The second-order valence-electron chi connectivity index (χ2n) is 3.62. The molecule has 0 radical (unpaired) electrons. The van der Waals surface area contributed by atoms with E-state index >= 15 is 0 Å². The summed E-state index contributed by atoms with van der Waals surface area (Å²) >= 11 is 3.18. The third kappa shape index (κ3) is 2.18. The summed E-state index contributed by atoms with van der Waals surface area (Å²) in [6.07, 6.45) is 2.19. The Bertz CT molecular complexity index is 389. The van der Waals surface area contributed by atoms with E-state index in [1.807, 2.05) is 6.07 Å². The lowest BCUT2D eigenvalue weighted by Crippen LogP contribution is -2.12. The molecule has 1 saturated heterocycles. The van der Waals surface area contributed by atoms with E-state index in [4.69, 9.17) is 0 Å². The van der Waals surface area contributed by atoms with Crippen molar-refractivity contribution in [3.8, 4) is 0 Å². The number of benzene rings is 1. The molecule has 0 spiro atoms. The number of hydrogen-bond donors (Lipinski definition) is 1. The van der Waals surface area contributed by atoms with Crippen molar-refractivity contribution in [1.29, 1.82) is 0 Å². The van der Waals surface area contributed by atoms with Crippen molar-refractivity contribution in [3.63, 3.8) is 0 Å². The maximum atomic E-state index is 10.7. The molecule has 0 unspecified atom stereocenters. The molecule has 1 fully saturated rings. The zero-order chi connectivity index (χ0) is 10.8. The van der Waals surface area contributed by atoms with E-state index < -0.39 is 0 Å². The van der Waals surface area contributed by atoms with Gasteiger partial charge in [-0.15, -0.1) is 0 Å². The van der Waals surface area contributed by atoms with Crippen LogP contribution in [0, 0.1) is 10.1 Å². The summed E-state index contributed by atoms with van der Waals surface area (Å²) in [7, 11) is 0. The maximum absolute atomic E-state index is 10.7. The highest BCUT2D eigenvalue weighted by Crippen LogP contribution is 2.30. The summed E-state index contributed by atoms with van der Waals surface area (Å²) < 4.78 is 0.536. The molecule has 0 amide bonds. The number of nitrogens with one attached hydrogen (secondary N) is 1. The van der Waals surface area contributed by atoms with Crippen LogP contribution >= 0.6 is 15.9 Å². The van der Waals surface area contributed by atoms with Crippen LogP contribution in [0.5, 0.6) is 0 Å². The average Bonchev–Trinajstić information content (AvgIpc) is 2.71. The fraction of sp³-hybridized carbons (Fsp3) is 0.400. The fourth-order valence-corrected chi connectivity index (χ4v) is 2.25. The van der Waals surface area contributed by atoms with Gasteiger partial charge in [0.05, 0.1) is 9.40 Å². The van der Waals surface area contributed by atoms with Gasteiger partial charge < -0.3 is 5.32 Å². The van der Waals surface area contributed by atoms with Crippen molar-refractivity contribution in [1.82, 2.24) is 5.32 Å². The first-order chi connectivity index (χ1) is 7.18. The van der Waals surface area contributed by atoms with E-state index in [2.05, 4.69) is 21.2 Å². The highest BCUT2D eigenvalue weighted by Gasteiger charge is 2.20. The molecule has 1 aromatic carbocycles. The summed E-state index contributed by atoms with van der Waals surface area (Å²) in [4.78, 5) is 10.4. The number of nitrogens with zero attached hydrogens (tertiary/aromatic N) is 1. The van der Waals surface area contributed by atoms with E-state index in [9.17, 15) is 10.1 Å². The fourth-order valence-electron chi connectivity index (χ4n) is 1.86. The van der Waals surface area contributed by atoms with Gasteiger partial charge in [0, 0.05) is 12.1 Å². The smallest absolute Gasteiger partial charge is 0.283 e. The predicted octanol–water partition coefficient (Wildman–Crippen LogP) is 2.78. The quantitative estimate of drug-likeness (QED) is 0.664. The van der Waals surface area contributed by atoms with Gasteiger partial charge in [-0.3, -0.25) is 10.1 Å². The lowest BCUT2D eigenvalue weighted by molar-refractivity contribution is -0.385. The van der Waals surface area contributed by atoms with Gasteiger partial charge in [0.25, 0.3) is 5.69 Å². The second-order valence-corrected chi connectivity index (χ2v) is 4.47. The molecular weight excluding hydrogens is 260 g/mol. The number of hydrogen-bond acceptors (Lipinski definition) is 3. The van der Waals surface area contributed by atoms with Gasteiger partial charge in [-0.05, 0) is 46.9 Å². The molecular formula is C10H11BrN2O2. The lowest BCUT2D eigenvalue weighted by Gasteiger charge is -2.10. The van der Waals surface area contributed by atoms with Gasteiger partial charge in [0.2, 0.25) is 0 Å². The number of nitro benzene ring substituents is 1. The van der Waals surface area contributed by atoms with Crippen molar-refractivity contribution in [2.45, 2.75) is 18.9 Å². The van der Waals surface area contributed by atoms with Gasteiger partial charge >= 0.3 is 0 Å². The first-order valence-corrected chi connectivity index (χ1v) is 5.65. The Morgan fingerprint density at radius 1 is 1.53 bits per heavy atom. The molecule has 15 heavy (non-hydrogen) atoms. The van der Waals surface area contributed by atoms with Crippen molar-refractivity contribution in [3.05, 3.63) is 38.3 Å². The normalized spacial score (nSPS) is 20.5. The number of rotatable bonds is 2. The molecule has 80 valence electrons. The van der Waals surface area contributed by atoms with Crippen molar-refractivity contribution in [2.24, 2.45) is 0 Å². The first-order valence-electron chi connectivity index (χ1n) is 4.85. The van der Waals surface area contributed by atoms with Crippen LogP contribution in [0.3, 0.4) is 0 Å². The zero-order valence-corrected chi connectivity index (χ0v) is 9.66. The van der Waals surface area contributed by atoms with Crippen LogP contribution in [0.2, 0.25) is 0 Å². The standard InChI is InChI=1S/C10H11BrN2O2/c11-8-4-3-7(6-10(8)13(14)15)9-2-1-5-12-9/h3-4,6,9,12H,1-2,5H2/t9-/m1/s1. The zero-order valence-electron chi connectivity index (χ0n) is 8.07. The Labute approximate surface area is 96.0 Å². The molecule has 0 bridgehead atoms. The van der Waals surface area contributed by atoms with E-state index in [0.29, 0.717) is 4.47 Å². The Morgan fingerprint density at radius 3 is 2.93 bits per heavy atom. The van der Waals surface area contributed by atoms with Crippen LogP contribution in [0.1, 0.15) is 24.4 Å². The molecule has 0 aliphatic carbocycles. The van der Waals surface area contributed by atoms with Crippen molar-refractivity contribution < 1.29 is 4.92 Å². The minimum Gasteiger partial charge on any atom is -0.310 e. The monoisotopic (exact) mass is 270 g/mol. The topological polar surface area (TPSA) is 55.2 Å². The molecule has 1 heterocycles. The molecule has 0 aromatic heterocycles. The average molecular weight is 271 g/mol. The SMILES string of the molecule is O=[N+]([O-])c1cc([C@H]2CCCN2)ccc1Br. The number of nitro groups is 1. The van der Waals surface area contributed by atoms with Crippen LogP contribution in [-0.2, 0) is 0 Å². The molecule has 0 saturated carbocycles. The van der Waals surface area contributed by atoms with Gasteiger partial charge in [-0.25, -0.2) is 0 Å². The lowest BCUT2D eigenvalue weighted by atomic mass is 10.1. The van der Waals surface area contributed by atoms with Gasteiger partial charge in [0.15, 0.2) is 0 Å². The Hall–Kier alpha value is -0.940.